The molecule has 1 fully saturated rings. The van der Waals surface area contributed by atoms with E-state index in [0.29, 0.717) is 5.39 Å². The normalized spacial score (nSPS) is 22.6. The quantitative estimate of drug-likeness (QED) is 0.599. The van der Waals surface area contributed by atoms with E-state index in [1.807, 2.05) is 12.1 Å². The molecule has 2 aliphatic heterocycles. The first-order valence-corrected chi connectivity index (χ1v) is 12.5. The van der Waals surface area contributed by atoms with E-state index >= 15 is 0 Å². The van der Waals surface area contributed by atoms with Crippen LogP contribution in [0.15, 0.2) is 83.2 Å². The van der Waals surface area contributed by atoms with Crippen LogP contribution in [0.4, 0.5) is 5.69 Å². The summed E-state index contributed by atoms with van der Waals surface area (Å²) in [6.07, 6.45) is 11.8. The molecule has 3 aromatic rings. The van der Waals surface area contributed by atoms with Crippen molar-refractivity contribution in [1.82, 2.24) is 20.0 Å². The summed E-state index contributed by atoms with van der Waals surface area (Å²) in [5, 5.41) is 12.7. The molecule has 6 nitrogen and oxygen atoms in total. The third kappa shape index (κ3) is 4.24. The largest absolute Gasteiger partial charge is 0.377 e. The molecule has 0 spiro atoms. The first-order chi connectivity index (χ1) is 17.2. The van der Waals surface area contributed by atoms with E-state index < -0.39 is 0 Å². The minimum atomic E-state index is -0.150. The number of benzene rings is 2. The van der Waals surface area contributed by atoms with E-state index in [1.54, 1.807) is 0 Å². The number of H-pyrrole nitrogens is 1. The van der Waals surface area contributed by atoms with Gasteiger partial charge in [-0.1, -0.05) is 60.7 Å². The molecule has 0 amide bonds. The number of hydrogen-bond donors (Lipinski definition) is 2. The van der Waals surface area contributed by atoms with Crippen LogP contribution in [0.25, 0.3) is 10.8 Å². The number of piperazine rings is 1. The molecular formula is C29H31N5O. The topological polar surface area (TPSA) is 64.3 Å². The van der Waals surface area contributed by atoms with E-state index in [2.05, 4.69) is 93.1 Å². The van der Waals surface area contributed by atoms with Crippen molar-refractivity contribution in [2.24, 2.45) is 0 Å². The molecule has 6 heteroatoms. The lowest BCUT2D eigenvalue weighted by Crippen LogP contribution is -2.43. The van der Waals surface area contributed by atoms with Gasteiger partial charge in [0.1, 0.15) is 0 Å². The van der Waals surface area contributed by atoms with Gasteiger partial charge >= 0.3 is 0 Å². The summed E-state index contributed by atoms with van der Waals surface area (Å²) in [6.45, 7) is 5.47. The van der Waals surface area contributed by atoms with Gasteiger partial charge in [-0.2, -0.15) is 5.10 Å². The summed E-state index contributed by atoms with van der Waals surface area (Å²) in [7, 11) is 2.19. The highest BCUT2D eigenvalue weighted by Gasteiger charge is 2.35. The highest BCUT2D eigenvalue weighted by Crippen LogP contribution is 2.47. The van der Waals surface area contributed by atoms with Crippen LogP contribution < -0.4 is 10.9 Å². The molecule has 178 valence electrons. The minimum absolute atomic E-state index is 0.00610. The van der Waals surface area contributed by atoms with E-state index in [-0.39, 0.29) is 17.5 Å². The number of nitrogens with zero attached hydrogens (tertiary/aromatic N) is 3. The van der Waals surface area contributed by atoms with Gasteiger partial charge < -0.3 is 10.2 Å². The number of nitrogens with one attached hydrogen (secondary N) is 2. The Bertz CT molecular complexity index is 1380. The number of anilines is 1. The van der Waals surface area contributed by atoms with E-state index in [9.17, 15) is 4.79 Å². The van der Waals surface area contributed by atoms with Crippen LogP contribution in [-0.2, 0) is 6.54 Å². The Morgan fingerprint density at radius 1 is 1.03 bits per heavy atom. The fraction of sp³-hybridized carbons (Fsp3) is 0.310. The number of aromatic nitrogens is 2. The van der Waals surface area contributed by atoms with Crippen molar-refractivity contribution < 1.29 is 0 Å². The predicted octanol–water partition coefficient (Wildman–Crippen LogP) is 4.36. The summed E-state index contributed by atoms with van der Waals surface area (Å²) in [5.41, 5.74) is 5.48. The van der Waals surface area contributed by atoms with Crippen molar-refractivity contribution in [3.8, 4) is 0 Å². The second-order valence-corrected chi connectivity index (χ2v) is 9.82. The van der Waals surface area contributed by atoms with Crippen LogP contribution in [0.1, 0.15) is 35.2 Å². The van der Waals surface area contributed by atoms with Crippen LogP contribution >= 0.6 is 0 Å². The van der Waals surface area contributed by atoms with Crippen molar-refractivity contribution in [2.75, 3.05) is 38.5 Å². The number of allylic oxidation sites excluding steroid dienone is 5. The summed E-state index contributed by atoms with van der Waals surface area (Å²) in [4.78, 5) is 17.5. The smallest absolute Gasteiger partial charge is 0.272 e. The summed E-state index contributed by atoms with van der Waals surface area (Å²) >= 11 is 0. The highest BCUT2D eigenvalue weighted by atomic mass is 16.1. The first-order valence-electron chi connectivity index (χ1n) is 12.5. The third-order valence-corrected chi connectivity index (χ3v) is 7.49. The SMILES string of the molecule is CN1CCN(Cc2ccc(C3Nc4cccc5c(=O)[nH]nc(c45)C3C3=CC=CCC=C3)cc2)CC1. The number of aromatic amines is 1. The fourth-order valence-corrected chi connectivity index (χ4v) is 5.52. The van der Waals surface area contributed by atoms with Crippen molar-refractivity contribution >= 4 is 16.5 Å². The van der Waals surface area contributed by atoms with Crippen LogP contribution in [0.2, 0.25) is 0 Å². The summed E-state index contributed by atoms with van der Waals surface area (Å²) in [5.74, 6) is -0.0215. The predicted molar refractivity (Wildman–Crippen MR) is 142 cm³/mol. The van der Waals surface area contributed by atoms with Gasteiger partial charge in [0.05, 0.1) is 23.0 Å². The third-order valence-electron chi connectivity index (χ3n) is 7.49. The van der Waals surface area contributed by atoms with Gasteiger partial charge in [-0.3, -0.25) is 9.69 Å². The lowest BCUT2D eigenvalue weighted by atomic mass is 9.79. The highest BCUT2D eigenvalue weighted by molar-refractivity contribution is 5.97. The van der Waals surface area contributed by atoms with E-state index in [4.69, 9.17) is 0 Å². The van der Waals surface area contributed by atoms with Crippen molar-refractivity contribution in [2.45, 2.75) is 24.9 Å². The maximum Gasteiger partial charge on any atom is 0.272 e. The molecule has 2 atom stereocenters. The van der Waals surface area contributed by atoms with Crippen molar-refractivity contribution in [3.63, 3.8) is 0 Å². The Kier molecular flexibility index (Phi) is 5.84. The minimum Gasteiger partial charge on any atom is -0.377 e. The fourth-order valence-electron chi connectivity index (χ4n) is 5.52. The lowest BCUT2D eigenvalue weighted by molar-refractivity contribution is 0.148. The van der Waals surface area contributed by atoms with Crippen molar-refractivity contribution in [3.05, 3.63) is 106 Å². The molecule has 2 unspecified atom stereocenters. The Labute approximate surface area is 205 Å². The van der Waals surface area contributed by atoms with Gasteiger partial charge in [-0.15, -0.1) is 0 Å². The summed E-state index contributed by atoms with van der Waals surface area (Å²) < 4.78 is 0. The van der Waals surface area contributed by atoms with Gasteiger partial charge in [0.15, 0.2) is 0 Å². The zero-order valence-corrected chi connectivity index (χ0v) is 20.1. The van der Waals surface area contributed by atoms with Crippen LogP contribution in [-0.4, -0.2) is 53.2 Å². The van der Waals surface area contributed by atoms with Gasteiger partial charge in [-0.25, -0.2) is 5.10 Å². The number of rotatable bonds is 4. The molecule has 2 aromatic carbocycles. The molecule has 0 radical (unpaired) electrons. The average molecular weight is 466 g/mol. The number of likely N-dealkylation sites (N-methyl/N-ethyl adjacent to an activating group) is 1. The molecule has 1 saturated heterocycles. The molecule has 0 saturated carbocycles. The molecule has 1 aromatic heterocycles. The summed E-state index contributed by atoms with van der Waals surface area (Å²) in [6, 6.07) is 14.9. The molecule has 2 N–H and O–H groups in total. The van der Waals surface area contributed by atoms with E-state index in [1.165, 1.54) is 16.7 Å². The monoisotopic (exact) mass is 465 g/mol. The zero-order valence-electron chi connectivity index (χ0n) is 20.1. The first kappa shape index (κ1) is 22.0. The zero-order chi connectivity index (χ0) is 23.8. The second-order valence-electron chi connectivity index (χ2n) is 9.82. The van der Waals surface area contributed by atoms with Crippen LogP contribution in [0.3, 0.4) is 0 Å². The Hall–Kier alpha value is -3.48. The maximum absolute atomic E-state index is 12.5. The molecule has 6 rings (SSSR count). The molecule has 35 heavy (non-hydrogen) atoms. The van der Waals surface area contributed by atoms with Gasteiger partial charge in [0, 0.05) is 43.8 Å². The molecule has 3 aliphatic rings. The standard InChI is InChI=1S/C29H31N5O/c1-33-15-17-34(18-16-33)19-20-11-13-22(14-12-20)27-25(21-7-4-2-3-5-8-21)28-26-23(29(35)32-31-28)9-6-10-24(26)30-27/h2,4-14,25,27,30H,3,15-19H2,1H3,(H,32,35). The Morgan fingerprint density at radius 3 is 2.69 bits per heavy atom. The van der Waals surface area contributed by atoms with Gasteiger partial charge in [0.25, 0.3) is 5.56 Å². The maximum atomic E-state index is 12.5. The van der Waals surface area contributed by atoms with Gasteiger partial charge in [0.2, 0.25) is 0 Å². The molecular weight excluding hydrogens is 434 g/mol. The van der Waals surface area contributed by atoms with Crippen molar-refractivity contribution in [1.29, 1.82) is 0 Å². The lowest BCUT2D eigenvalue weighted by Gasteiger charge is -2.35. The molecule has 1 aliphatic carbocycles. The Balaban J connectivity index is 1.37. The Morgan fingerprint density at radius 2 is 1.86 bits per heavy atom. The second kappa shape index (κ2) is 9.29. The van der Waals surface area contributed by atoms with Gasteiger partial charge in [-0.05, 0) is 42.3 Å². The van der Waals surface area contributed by atoms with Crippen LogP contribution in [0, 0.1) is 0 Å². The molecule has 3 heterocycles. The number of hydrogen-bond acceptors (Lipinski definition) is 5. The van der Waals surface area contributed by atoms with Crippen LogP contribution in [0.5, 0.6) is 0 Å². The molecule has 0 bridgehead atoms. The van der Waals surface area contributed by atoms with E-state index in [0.717, 1.165) is 55.9 Å². The average Bonchev–Trinajstić information content (AvgIpc) is 3.17.